The Balaban J connectivity index is 3.09. The van der Waals surface area contributed by atoms with Crippen LogP contribution in [0.5, 0.6) is 5.75 Å². The Morgan fingerprint density at radius 2 is 2.33 bits per heavy atom. The Hall–Kier alpha value is -1.44. The molecule has 0 spiro atoms. The van der Waals surface area contributed by atoms with E-state index in [-0.39, 0.29) is 30.2 Å². The number of benzene rings is 1. The molecule has 1 aromatic carbocycles. The maximum Gasteiger partial charge on any atom is 0.313 e. The van der Waals surface area contributed by atoms with Gasteiger partial charge in [-0.05, 0) is 28.7 Å². The lowest BCUT2D eigenvalue weighted by molar-refractivity contribution is -0.386. The number of ether oxygens (including phenoxy) is 1. The van der Waals surface area contributed by atoms with Crippen LogP contribution in [-0.2, 0) is 0 Å². The zero-order valence-corrected chi connectivity index (χ0v) is 11.3. The van der Waals surface area contributed by atoms with Crippen molar-refractivity contribution in [2.24, 2.45) is 5.73 Å². The Labute approximate surface area is 116 Å². The molecule has 1 atom stereocenters. The number of halogens is 1. The lowest BCUT2D eigenvalue weighted by atomic mass is 10.2. The highest BCUT2D eigenvalue weighted by Gasteiger charge is 2.21. The molecule has 0 saturated heterocycles. The molecule has 0 unspecified atom stereocenters. The van der Waals surface area contributed by atoms with Gasteiger partial charge in [0.25, 0.3) is 0 Å². The van der Waals surface area contributed by atoms with Crippen molar-refractivity contribution in [3.63, 3.8) is 0 Å². The molecular weight excluding hydrogens is 353 g/mol. The van der Waals surface area contributed by atoms with Gasteiger partial charge in [0.15, 0.2) is 0 Å². The van der Waals surface area contributed by atoms with E-state index in [9.17, 15) is 15.2 Å². The van der Waals surface area contributed by atoms with E-state index in [4.69, 9.17) is 15.7 Å². The number of aliphatic hydroxyl groups is 1. The van der Waals surface area contributed by atoms with Crippen LogP contribution in [0.25, 0.3) is 0 Å². The summed E-state index contributed by atoms with van der Waals surface area (Å²) in [5, 5.41) is 28.9. The molecule has 0 radical (unpaired) electrons. The molecule has 96 valence electrons. The second kappa shape index (κ2) is 6.48. The maximum absolute atomic E-state index is 10.9. The minimum atomic E-state index is -0.893. The zero-order chi connectivity index (χ0) is 13.7. The van der Waals surface area contributed by atoms with Crippen molar-refractivity contribution in [2.45, 2.75) is 6.10 Å². The highest BCUT2D eigenvalue weighted by molar-refractivity contribution is 14.1. The van der Waals surface area contributed by atoms with E-state index in [0.29, 0.717) is 3.57 Å². The fourth-order valence-corrected chi connectivity index (χ4v) is 1.94. The molecule has 0 aliphatic heterocycles. The number of hydrogen-bond acceptors (Lipinski definition) is 6. The first-order chi connectivity index (χ1) is 8.49. The predicted octanol–water partition coefficient (Wildman–Crippen LogP) is 0.769. The fraction of sp³-hybridized carbons (Fsp3) is 0.300. The molecular formula is C10H10IN3O4. The Kier molecular flexibility index (Phi) is 5.26. The van der Waals surface area contributed by atoms with Crippen molar-refractivity contribution < 1.29 is 14.8 Å². The quantitative estimate of drug-likeness (QED) is 0.453. The van der Waals surface area contributed by atoms with Crippen LogP contribution in [0.3, 0.4) is 0 Å². The normalized spacial score (nSPS) is 11.7. The van der Waals surface area contributed by atoms with Crippen molar-refractivity contribution in [2.75, 3.05) is 13.2 Å². The maximum atomic E-state index is 10.9. The molecule has 0 amide bonds. The van der Waals surface area contributed by atoms with Crippen LogP contribution in [0.15, 0.2) is 12.1 Å². The number of aliphatic hydroxyl groups excluding tert-OH is 1. The molecule has 0 aliphatic rings. The van der Waals surface area contributed by atoms with Crippen LogP contribution in [0.1, 0.15) is 5.56 Å². The van der Waals surface area contributed by atoms with Gasteiger partial charge in [0, 0.05) is 12.6 Å². The largest absolute Gasteiger partial charge is 0.483 e. The number of nitro groups is 1. The third-order valence-corrected chi connectivity index (χ3v) is 2.84. The third kappa shape index (κ3) is 3.52. The van der Waals surface area contributed by atoms with E-state index in [1.165, 1.54) is 6.07 Å². The van der Waals surface area contributed by atoms with Crippen molar-refractivity contribution in [3.05, 3.63) is 31.4 Å². The lowest BCUT2D eigenvalue weighted by Crippen LogP contribution is -2.26. The zero-order valence-electron chi connectivity index (χ0n) is 9.17. The van der Waals surface area contributed by atoms with Gasteiger partial charge in [-0.1, -0.05) is 0 Å². The van der Waals surface area contributed by atoms with Crippen LogP contribution in [-0.4, -0.2) is 29.3 Å². The first-order valence-electron chi connectivity index (χ1n) is 4.88. The average molecular weight is 363 g/mol. The van der Waals surface area contributed by atoms with Gasteiger partial charge in [-0.2, -0.15) is 5.26 Å². The number of nitriles is 1. The molecule has 1 rings (SSSR count). The summed E-state index contributed by atoms with van der Waals surface area (Å²) < 4.78 is 5.63. The second-order valence-corrected chi connectivity index (χ2v) is 4.54. The van der Waals surface area contributed by atoms with Crippen molar-refractivity contribution in [1.82, 2.24) is 0 Å². The molecule has 0 fully saturated rings. The summed E-state index contributed by atoms with van der Waals surface area (Å²) in [4.78, 5) is 10.3. The Morgan fingerprint density at radius 3 is 2.83 bits per heavy atom. The van der Waals surface area contributed by atoms with E-state index in [2.05, 4.69) is 0 Å². The molecule has 3 N–H and O–H groups in total. The van der Waals surface area contributed by atoms with Crippen molar-refractivity contribution >= 4 is 28.3 Å². The van der Waals surface area contributed by atoms with Crippen molar-refractivity contribution in [1.29, 1.82) is 5.26 Å². The van der Waals surface area contributed by atoms with Gasteiger partial charge in [0.1, 0.15) is 12.7 Å². The van der Waals surface area contributed by atoms with Crippen LogP contribution >= 0.6 is 22.6 Å². The predicted molar refractivity (Wildman–Crippen MR) is 71.1 cm³/mol. The molecule has 0 aliphatic carbocycles. The first-order valence-corrected chi connectivity index (χ1v) is 5.96. The smallest absolute Gasteiger partial charge is 0.313 e. The van der Waals surface area contributed by atoms with Gasteiger partial charge in [-0.25, -0.2) is 0 Å². The van der Waals surface area contributed by atoms with Gasteiger partial charge < -0.3 is 15.6 Å². The van der Waals surface area contributed by atoms with Gasteiger partial charge in [-0.3, -0.25) is 10.1 Å². The highest BCUT2D eigenvalue weighted by Crippen LogP contribution is 2.33. The first kappa shape index (κ1) is 14.6. The average Bonchev–Trinajstić information content (AvgIpc) is 2.35. The van der Waals surface area contributed by atoms with Gasteiger partial charge in [0.05, 0.1) is 20.1 Å². The number of hydrogen-bond donors (Lipinski definition) is 2. The Bertz CT molecular complexity index is 501. The molecule has 7 nitrogen and oxygen atoms in total. The minimum Gasteiger partial charge on any atom is -0.483 e. The minimum absolute atomic E-state index is 0.000651. The molecule has 0 aromatic heterocycles. The number of rotatable bonds is 5. The number of nitrogens with two attached hydrogens (primary N) is 1. The van der Waals surface area contributed by atoms with E-state index in [1.807, 2.05) is 28.7 Å². The number of nitrogens with zero attached hydrogens (tertiary/aromatic N) is 2. The van der Waals surface area contributed by atoms with Crippen LogP contribution in [0.4, 0.5) is 5.69 Å². The molecule has 1 aromatic rings. The SMILES string of the molecule is N#Cc1cc(I)c(OC[C@H](O)CN)c([N+](=O)[O-])c1. The fourth-order valence-electron chi connectivity index (χ4n) is 1.17. The standard InChI is InChI=1S/C10H10IN3O4/c11-8-1-6(3-12)2-9(14(16)17)10(8)18-5-7(15)4-13/h1-2,7,15H,4-5,13H2/t7-/m1/s1. The summed E-state index contributed by atoms with van der Waals surface area (Å²) in [6.45, 7) is -0.139. The number of nitro benzene ring substituents is 1. The molecule has 8 heteroatoms. The molecule has 0 saturated carbocycles. The highest BCUT2D eigenvalue weighted by atomic mass is 127. The monoisotopic (exact) mass is 363 g/mol. The molecule has 18 heavy (non-hydrogen) atoms. The van der Waals surface area contributed by atoms with Crippen LogP contribution < -0.4 is 10.5 Å². The summed E-state index contributed by atoms with van der Waals surface area (Å²) in [6.07, 6.45) is -0.893. The molecule has 0 bridgehead atoms. The van der Waals surface area contributed by atoms with Crippen molar-refractivity contribution in [3.8, 4) is 11.8 Å². The van der Waals surface area contributed by atoms with Gasteiger partial charge in [0.2, 0.25) is 5.75 Å². The molecule has 0 heterocycles. The summed E-state index contributed by atoms with van der Waals surface area (Å²) in [7, 11) is 0. The van der Waals surface area contributed by atoms with Crippen LogP contribution in [0.2, 0.25) is 0 Å². The van der Waals surface area contributed by atoms with E-state index in [0.717, 1.165) is 6.07 Å². The summed E-state index contributed by atoms with van der Waals surface area (Å²) in [5.74, 6) is 0.0344. The topological polar surface area (TPSA) is 122 Å². The second-order valence-electron chi connectivity index (χ2n) is 3.38. The van der Waals surface area contributed by atoms with Gasteiger partial charge >= 0.3 is 5.69 Å². The summed E-state index contributed by atoms with van der Waals surface area (Å²) in [6, 6.07) is 4.43. The van der Waals surface area contributed by atoms with E-state index in [1.54, 1.807) is 0 Å². The summed E-state index contributed by atoms with van der Waals surface area (Å²) in [5.41, 5.74) is 5.08. The lowest BCUT2D eigenvalue weighted by Gasteiger charge is -2.11. The summed E-state index contributed by atoms with van der Waals surface area (Å²) >= 11 is 1.83. The third-order valence-electron chi connectivity index (χ3n) is 2.04. The Morgan fingerprint density at radius 1 is 1.67 bits per heavy atom. The van der Waals surface area contributed by atoms with E-state index < -0.39 is 11.0 Å². The van der Waals surface area contributed by atoms with Crippen LogP contribution in [0, 0.1) is 25.0 Å². The van der Waals surface area contributed by atoms with Gasteiger partial charge in [-0.15, -0.1) is 0 Å². The van der Waals surface area contributed by atoms with E-state index >= 15 is 0 Å².